The molecule has 6 aromatic rings. The van der Waals surface area contributed by atoms with Gasteiger partial charge in [0.1, 0.15) is 23.7 Å². The maximum absolute atomic E-state index is 13.2. The molecule has 2 aliphatic rings. The summed E-state index contributed by atoms with van der Waals surface area (Å²) in [5.74, 6) is 2.08. The van der Waals surface area contributed by atoms with Crippen LogP contribution in [0.1, 0.15) is 69.1 Å². The van der Waals surface area contributed by atoms with Crippen LogP contribution in [-0.2, 0) is 33.4 Å². The summed E-state index contributed by atoms with van der Waals surface area (Å²) in [7, 11) is 3.72. The fraction of sp³-hybridized carbons (Fsp3) is 0.434. The first-order valence-corrected chi connectivity index (χ1v) is 24.6. The van der Waals surface area contributed by atoms with E-state index in [4.69, 9.17) is 0 Å². The number of aromatic nitrogens is 6. The summed E-state index contributed by atoms with van der Waals surface area (Å²) in [6, 6.07) is 26.2. The van der Waals surface area contributed by atoms with Gasteiger partial charge >= 0.3 is 12.1 Å². The molecule has 0 saturated carbocycles. The van der Waals surface area contributed by atoms with E-state index in [2.05, 4.69) is 58.5 Å². The number of nitrogens with zero attached hydrogens (tertiary/aromatic N) is 8. The molecule has 4 atom stereocenters. The minimum atomic E-state index is -0.631. The molecule has 2 aromatic heterocycles. The number of carbonyl (C=O) groups is 2. The molecule has 1 unspecified atom stereocenters. The number of anilines is 2. The first kappa shape index (κ1) is 51.3. The van der Waals surface area contributed by atoms with Crippen LogP contribution in [0.4, 0.5) is 29.7 Å². The van der Waals surface area contributed by atoms with Gasteiger partial charge in [-0.3, -0.25) is 4.90 Å². The zero-order valence-corrected chi connectivity index (χ0v) is 40.8. The molecule has 0 spiro atoms. The summed E-state index contributed by atoms with van der Waals surface area (Å²) in [4.78, 5) is 34.0. The zero-order valence-electron chi connectivity index (χ0n) is 40.8. The molecule has 15 nitrogen and oxygen atoms in total. The highest BCUT2D eigenvalue weighted by atomic mass is 19.1. The number of halogens is 2. The van der Waals surface area contributed by atoms with Crippen LogP contribution in [0, 0.1) is 23.5 Å². The quantitative estimate of drug-likeness (QED) is 0.0563. The van der Waals surface area contributed by atoms with Gasteiger partial charge in [0.05, 0.1) is 0 Å². The maximum atomic E-state index is 13.2. The lowest BCUT2D eigenvalue weighted by Crippen LogP contribution is -2.47. The van der Waals surface area contributed by atoms with Crippen molar-refractivity contribution in [3.63, 3.8) is 0 Å². The normalized spacial score (nSPS) is 17.2. The fourth-order valence-electron chi connectivity index (χ4n) is 9.51. The van der Waals surface area contributed by atoms with Crippen LogP contribution in [0.25, 0.3) is 22.8 Å². The van der Waals surface area contributed by atoms with Crippen molar-refractivity contribution >= 4 is 23.4 Å². The van der Waals surface area contributed by atoms with E-state index in [1.807, 2.05) is 91.5 Å². The molecule has 0 radical (unpaired) electrons. The highest BCUT2D eigenvalue weighted by molar-refractivity contribution is 5.90. The smallest absolute Gasteiger partial charge is 0.319 e. The molecule has 5 N–H and O–H groups in total. The Balaban J connectivity index is 0.000000206. The second-order valence-corrected chi connectivity index (χ2v) is 18.8. The van der Waals surface area contributed by atoms with E-state index in [0.29, 0.717) is 36.3 Å². The summed E-state index contributed by atoms with van der Waals surface area (Å²) < 4.78 is 29.9. The number of tetrazole rings is 1. The number of rotatable bonds is 17. The molecule has 8 rings (SSSR count). The van der Waals surface area contributed by atoms with Crippen LogP contribution in [0.2, 0.25) is 0 Å². The van der Waals surface area contributed by atoms with Crippen molar-refractivity contribution in [2.45, 2.75) is 83.9 Å². The molecule has 17 heteroatoms. The van der Waals surface area contributed by atoms with Gasteiger partial charge in [0, 0.05) is 87.6 Å². The number of nitrogens with one attached hydrogen (secondary N) is 4. The van der Waals surface area contributed by atoms with Crippen LogP contribution in [0.15, 0.2) is 103 Å². The van der Waals surface area contributed by atoms with Gasteiger partial charge in [-0.2, -0.15) is 0 Å². The van der Waals surface area contributed by atoms with E-state index in [-0.39, 0.29) is 29.7 Å². The molecule has 4 amide bonds. The summed E-state index contributed by atoms with van der Waals surface area (Å²) in [6.45, 7) is 9.29. The van der Waals surface area contributed by atoms with Gasteiger partial charge in [-0.15, -0.1) is 5.10 Å². The van der Waals surface area contributed by atoms with E-state index >= 15 is 0 Å². The van der Waals surface area contributed by atoms with Crippen molar-refractivity contribution in [2.75, 3.05) is 49.9 Å². The number of hydrogen-bond acceptors (Lipinski definition) is 9. The van der Waals surface area contributed by atoms with Crippen LogP contribution >= 0.6 is 0 Å². The van der Waals surface area contributed by atoms with Gasteiger partial charge in [0.2, 0.25) is 0 Å². The minimum Gasteiger partial charge on any atom is -0.378 e. The van der Waals surface area contributed by atoms with Crippen molar-refractivity contribution in [2.24, 2.45) is 25.9 Å². The SMILES string of the molecule is CC(C[C@@H](O)N1CCC[C@@H](Cc2ccc(F)cc2)C1)NC(=O)Nc1cccc(-c2nccn2C)c1.CCc1cc(NC(=O)NCCCN2CCC[C@@H](Cc3ccc(F)cc3)C2)cc(-c2nnnn2C)c1. The van der Waals surface area contributed by atoms with E-state index in [0.717, 1.165) is 105 Å². The first-order valence-electron chi connectivity index (χ1n) is 24.6. The Morgan fingerprint density at radius 1 is 0.786 bits per heavy atom. The Hall–Kier alpha value is -6.56. The average Bonchev–Trinajstić information content (AvgIpc) is 3.99. The summed E-state index contributed by atoms with van der Waals surface area (Å²) in [5, 5.41) is 34.2. The Labute approximate surface area is 410 Å². The van der Waals surface area contributed by atoms with E-state index < -0.39 is 6.23 Å². The highest BCUT2D eigenvalue weighted by Gasteiger charge is 2.27. The zero-order chi connectivity index (χ0) is 49.4. The summed E-state index contributed by atoms with van der Waals surface area (Å²) in [6.07, 6.45) is 11.5. The Bertz CT molecular complexity index is 2590. The molecular formula is C53H68F2N12O3. The maximum Gasteiger partial charge on any atom is 0.319 e. The third kappa shape index (κ3) is 15.5. The number of carbonyl (C=O) groups excluding carboxylic acids is 2. The van der Waals surface area contributed by atoms with Gasteiger partial charge in [-0.1, -0.05) is 43.3 Å². The molecule has 372 valence electrons. The second-order valence-electron chi connectivity index (χ2n) is 18.8. The van der Waals surface area contributed by atoms with Crippen LogP contribution in [0.3, 0.4) is 0 Å². The topological polar surface area (TPSA) is 170 Å². The molecule has 4 heterocycles. The number of imidazole rings is 1. The third-order valence-corrected chi connectivity index (χ3v) is 13.1. The predicted molar refractivity (Wildman–Crippen MR) is 270 cm³/mol. The van der Waals surface area contributed by atoms with Crippen LogP contribution in [0.5, 0.6) is 0 Å². The van der Waals surface area contributed by atoms with Crippen molar-refractivity contribution in [1.29, 1.82) is 0 Å². The molecule has 0 bridgehead atoms. The van der Waals surface area contributed by atoms with E-state index in [9.17, 15) is 23.5 Å². The Morgan fingerprint density at radius 3 is 2.11 bits per heavy atom. The van der Waals surface area contributed by atoms with Crippen LogP contribution < -0.4 is 21.3 Å². The number of aliphatic hydroxyl groups is 1. The molecule has 2 saturated heterocycles. The number of hydrogen-bond donors (Lipinski definition) is 5. The lowest BCUT2D eigenvalue weighted by molar-refractivity contribution is -0.0306. The molecule has 4 aromatic carbocycles. The number of likely N-dealkylation sites (tertiary alicyclic amines) is 2. The van der Waals surface area contributed by atoms with E-state index in [1.54, 1.807) is 30.1 Å². The molecule has 2 aliphatic heterocycles. The minimum absolute atomic E-state index is 0.184. The highest BCUT2D eigenvalue weighted by Crippen LogP contribution is 2.26. The van der Waals surface area contributed by atoms with Crippen LogP contribution in [-0.4, -0.2) is 108 Å². The van der Waals surface area contributed by atoms with Gasteiger partial charge in [0.15, 0.2) is 5.82 Å². The number of aryl methyl sites for hydroxylation is 3. The number of urea groups is 2. The largest absolute Gasteiger partial charge is 0.378 e. The van der Waals surface area contributed by atoms with Gasteiger partial charge in [0.25, 0.3) is 0 Å². The monoisotopic (exact) mass is 959 g/mol. The van der Waals surface area contributed by atoms with Crippen molar-refractivity contribution in [3.8, 4) is 22.8 Å². The fourth-order valence-corrected chi connectivity index (χ4v) is 9.51. The summed E-state index contributed by atoms with van der Waals surface area (Å²) >= 11 is 0. The van der Waals surface area contributed by atoms with Gasteiger partial charge < -0.3 is 35.8 Å². The van der Waals surface area contributed by atoms with E-state index in [1.165, 1.54) is 30.5 Å². The summed E-state index contributed by atoms with van der Waals surface area (Å²) in [5.41, 5.74) is 6.59. The number of benzene rings is 4. The molecule has 2 fully saturated rings. The standard InChI is InChI=1S/C27H34FN5O2.C26H34FN7O/c1-19(30-27(35)31-24-7-3-6-22(17-24)26-29-12-14-32(26)2)15-25(34)33-13-4-5-21(18-33)16-20-8-10-23(28)11-9-20;1-3-19-15-22(25-30-31-32-33(25)2)17-24(16-19)29-26(35)28-11-5-13-34-12-4-6-21(18-34)14-20-7-9-23(27)10-8-20/h3,6-12,14,17,19,21,25,34H,4-5,13,15-16,18H2,1-2H3,(H2,30,31,35);7-10,15-17,21H,3-6,11-14,18H2,1-2H3,(H2,28,29,35)/t19?,21-,25+;21-/m00/s1. The van der Waals surface area contributed by atoms with Crippen molar-refractivity contribution in [1.82, 2.24) is 50.2 Å². The Morgan fingerprint density at radius 2 is 1.46 bits per heavy atom. The third-order valence-electron chi connectivity index (χ3n) is 13.1. The van der Waals surface area contributed by atoms with Crippen molar-refractivity contribution in [3.05, 3.63) is 132 Å². The number of piperidine rings is 2. The van der Waals surface area contributed by atoms with Gasteiger partial charge in [-0.25, -0.2) is 28.0 Å². The lowest BCUT2D eigenvalue weighted by Gasteiger charge is -2.37. The molecular weight excluding hydrogens is 891 g/mol. The number of aliphatic hydroxyl groups excluding tert-OH is 1. The molecule has 70 heavy (non-hydrogen) atoms. The van der Waals surface area contributed by atoms with Crippen molar-refractivity contribution < 1.29 is 23.5 Å². The second kappa shape index (κ2) is 25.3. The molecule has 0 aliphatic carbocycles. The Kier molecular flexibility index (Phi) is 18.6. The first-order chi connectivity index (χ1) is 33.9. The number of amides is 4. The van der Waals surface area contributed by atoms with Gasteiger partial charge in [-0.05, 0) is 165 Å². The lowest BCUT2D eigenvalue weighted by atomic mass is 9.91. The predicted octanol–water partition coefficient (Wildman–Crippen LogP) is 8.44. The average molecular weight is 959 g/mol.